The molecule has 3 fully saturated rings. The number of phenolic OH excluding ortho intramolecular Hbond substituents is 1. The zero-order chi connectivity index (χ0) is 45.0. The van der Waals surface area contributed by atoms with Gasteiger partial charge in [-0.25, -0.2) is 9.59 Å². The van der Waals surface area contributed by atoms with Crippen molar-refractivity contribution in [2.45, 2.75) is 109 Å². The molecule has 7 rings (SSSR count). The largest absolute Gasteiger partial charge is 0.506 e. The number of unbranched alkanes of at least 4 members (excludes halogenated alkanes) is 1. The van der Waals surface area contributed by atoms with Gasteiger partial charge in [-0.15, -0.1) is 0 Å². The quantitative estimate of drug-likeness (QED) is 0.0530. The fourth-order valence-corrected chi connectivity index (χ4v) is 9.29. The molecule has 3 atom stereocenters. The van der Waals surface area contributed by atoms with Crippen LogP contribution in [-0.4, -0.2) is 102 Å². The first-order chi connectivity index (χ1) is 29.2. The van der Waals surface area contributed by atoms with Crippen LogP contribution in [0.3, 0.4) is 0 Å². The van der Waals surface area contributed by atoms with Gasteiger partial charge in [0.1, 0.15) is 17.5 Å². The number of benzene rings is 3. The number of H-pyrrole nitrogens is 1. The lowest BCUT2D eigenvalue weighted by atomic mass is 9.84. The van der Waals surface area contributed by atoms with Crippen molar-refractivity contribution in [2.75, 3.05) is 39.3 Å². The number of pyridine rings is 1. The number of nitrogens with zero attached hydrogens (tertiary/aromatic N) is 2. The Bertz CT molecular complexity index is 2280. The average Bonchev–Trinajstić information content (AvgIpc) is 3.22. The number of hydrogen-bond acceptors (Lipinski definition) is 10. The number of ether oxygens (including phenoxy) is 2. The number of hydrogen-bond donors (Lipinski definition) is 4. The van der Waals surface area contributed by atoms with Gasteiger partial charge < -0.3 is 39.3 Å². The Balaban J connectivity index is 1.16. The van der Waals surface area contributed by atoms with Gasteiger partial charge in [0.15, 0.2) is 8.32 Å². The monoisotopic (exact) mass is 868 g/mol. The van der Waals surface area contributed by atoms with Crippen LogP contribution in [0.4, 0.5) is 4.79 Å². The Kier molecular flexibility index (Phi) is 14.1. The van der Waals surface area contributed by atoms with E-state index in [9.17, 15) is 29.4 Å². The van der Waals surface area contributed by atoms with Crippen molar-refractivity contribution in [1.29, 1.82) is 0 Å². The Morgan fingerprint density at radius 1 is 0.919 bits per heavy atom. The van der Waals surface area contributed by atoms with Gasteiger partial charge >= 0.3 is 12.1 Å². The third-order valence-electron chi connectivity index (χ3n) is 12.6. The normalized spacial score (nSPS) is 19.3. The second-order valence-corrected chi connectivity index (χ2v) is 24.0. The third-order valence-corrected chi connectivity index (χ3v) is 17.0. The van der Waals surface area contributed by atoms with E-state index in [1.54, 1.807) is 59.5 Å². The van der Waals surface area contributed by atoms with Crippen LogP contribution in [0.5, 0.6) is 5.75 Å². The minimum absolute atomic E-state index is 0.0700. The smallest absolute Gasteiger partial charge is 0.410 e. The van der Waals surface area contributed by atoms with Gasteiger partial charge in [-0.1, -0.05) is 69.3 Å². The molecule has 13 nitrogen and oxygen atoms in total. The average molecular weight is 869 g/mol. The maximum absolute atomic E-state index is 14.0. The summed E-state index contributed by atoms with van der Waals surface area (Å²) in [5, 5.41) is 26.4. The fraction of sp³-hybridized carbons (Fsp3) is 0.500. The van der Waals surface area contributed by atoms with Gasteiger partial charge in [0.05, 0.1) is 18.2 Å². The summed E-state index contributed by atoms with van der Waals surface area (Å²) in [6.45, 7) is 19.4. The summed E-state index contributed by atoms with van der Waals surface area (Å²) in [6.07, 6.45) is 1.46. The van der Waals surface area contributed by atoms with Crippen molar-refractivity contribution in [1.82, 2.24) is 20.1 Å². The molecule has 0 aliphatic carbocycles. The van der Waals surface area contributed by atoms with E-state index in [-0.39, 0.29) is 70.6 Å². The summed E-state index contributed by atoms with van der Waals surface area (Å²) in [5.74, 6) is -0.960. The molecule has 0 spiro atoms. The van der Waals surface area contributed by atoms with E-state index < -0.39 is 37.7 Å². The van der Waals surface area contributed by atoms with Gasteiger partial charge in [-0.05, 0) is 119 Å². The molecule has 4 aromatic rings. The van der Waals surface area contributed by atoms with Gasteiger partial charge in [-0.3, -0.25) is 14.5 Å². The highest BCUT2D eigenvalue weighted by molar-refractivity contribution is 6.74. The third kappa shape index (κ3) is 10.8. The molecule has 62 heavy (non-hydrogen) atoms. The van der Waals surface area contributed by atoms with Crippen LogP contribution in [0.15, 0.2) is 83.7 Å². The van der Waals surface area contributed by atoms with E-state index in [2.05, 4.69) is 49.1 Å². The first-order valence-electron chi connectivity index (χ1n) is 21.8. The predicted octanol–water partition coefficient (Wildman–Crippen LogP) is 7.62. The topological polar surface area (TPSA) is 171 Å². The van der Waals surface area contributed by atoms with Crippen molar-refractivity contribution in [3.63, 3.8) is 0 Å². The second kappa shape index (κ2) is 18.8. The van der Waals surface area contributed by atoms with Crippen LogP contribution in [0.1, 0.15) is 100 Å². The molecule has 0 saturated carbocycles. The summed E-state index contributed by atoms with van der Waals surface area (Å²) in [6, 6.07) is 21.5. The molecule has 14 heteroatoms. The van der Waals surface area contributed by atoms with Gasteiger partial charge in [0, 0.05) is 42.2 Å². The minimum Gasteiger partial charge on any atom is -0.506 e. The van der Waals surface area contributed by atoms with Gasteiger partial charge in [0.25, 0.3) is 5.91 Å². The van der Waals surface area contributed by atoms with Crippen LogP contribution in [0, 0.1) is 5.92 Å². The zero-order valence-corrected chi connectivity index (χ0v) is 38.5. The molecule has 4 heterocycles. The number of rotatable bonds is 15. The van der Waals surface area contributed by atoms with Crippen LogP contribution in [0.2, 0.25) is 18.1 Å². The molecule has 3 saturated heterocycles. The van der Waals surface area contributed by atoms with Gasteiger partial charge in [0.2, 0.25) is 11.2 Å². The minimum atomic E-state index is -2.46. The lowest BCUT2D eigenvalue weighted by Gasteiger charge is -2.44. The maximum Gasteiger partial charge on any atom is 0.410 e. The number of aromatic hydroxyl groups is 1. The molecule has 1 aromatic heterocycles. The van der Waals surface area contributed by atoms with Crippen molar-refractivity contribution in [3.8, 4) is 5.75 Å². The molecule has 3 unspecified atom stereocenters. The van der Waals surface area contributed by atoms with E-state index in [4.69, 9.17) is 13.9 Å². The number of carbonyl (C=O) groups excluding carboxylic acids is 3. The standard InChI is InChI=1S/C48H64N4O9Si/c1-46(2,3)60-45(57)52(31-40(61-62(7,8)47(4,5)6)36-19-21-38(53)42-37(36)20-22-41(54)50-42)26-13-12-25-49-43(55)33-15-14-18-35(29-33)48(58,34-16-10-9-11-17-34)44(56)59-39-30-51-27-23-32(39)24-28-51/h9-11,14-22,29,32,39-40,53,58H,12-13,23-28,30-31H2,1-8H3,(H,49,55)(H,50,54). The molecule has 3 aromatic carbocycles. The molecule has 4 N–H and O–H groups in total. The van der Waals surface area contributed by atoms with E-state index >= 15 is 0 Å². The molecule has 2 amide bonds. The van der Waals surface area contributed by atoms with Crippen LogP contribution < -0.4 is 10.9 Å². The molecule has 2 bridgehead atoms. The molecule has 334 valence electrons. The van der Waals surface area contributed by atoms with Crippen molar-refractivity contribution in [3.05, 3.63) is 111 Å². The van der Waals surface area contributed by atoms with Crippen molar-refractivity contribution >= 4 is 37.2 Å². The summed E-state index contributed by atoms with van der Waals surface area (Å²) in [7, 11) is -2.46. The number of aliphatic hydroxyl groups is 1. The van der Waals surface area contributed by atoms with E-state index in [1.165, 1.54) is 18.2 Å². The maximum atomic E-state index is 14.0. The number of phenols is 1. The number of esters is 1. The number of aromatic amines is 1. The second-order valence-electron chi connectivity index (χ2n) is 19.3. The highest BCUT2D eigenvalue weighted by atomic mass is 28.4. The Morgan fingerprint density at radius 3 is 2.26 bits per heavy atom. The van der Waals surface area contributed by atoms with Gasteiger partial charge in [-0.2, -0.15) is 0 Å². The van der Waals surface area contributed by atoms with Crippen LogP contribution in [0.25, 0.3) is 10.9 Å². The zero-order valence-electron chi connectivity index (χ0n) is 37.5. The van der Waals surface area contributed by atoms with Crippen LogP contribution in [-0.2, 0) is 24.3 Å². The fourth-order valence-electron chi connectivity index (χ4n) is 8.02. The summed E-state index contributed by atoms with van der Waals surface area (Å²) in [5.41, 5.74) is -1.39. The van der Waals surface area contributed by atoms with Crippen LogP contribution >= 0.6 is 0 Å². The molecule has 0 radical (unpaired) electrons. The highest BCUT2D eigenvalue weighted by Gasteiger charge is 2.46. The lowest BCUT2D eigenvalue weighted by molar-refractivity contribution is -0.177. The Hall–Kier alpha value is -5.02. The molecule has 3 aliphatic rings. The molecule has 3 aliphatic heterocycles. The van der Waals surface area contributed by atoms with E-state index in [1.807, 2.05) is 26.8 Å². The van der Waals surface area contributed by atoms with Crippen molar-refractivity contribution in [2.24, 2.45) is 5.92 Å². The number of nitrogens with one attached hydrogen (secondary N) is 2. The highest BCUT2D eigenvalue weighted by Crippen LogP contribution is 2.42. The lowest BCUT2D eigenvalue weighted by Crippen LogP contribution is -2.53. The van der Waals surface area contributed by atoms with E-state index in [0.717, 1.165) is 25.9 Å². The number of fused-ring (bicyclic) bond motifs is 4. The SMILES string of the molecule is CC(C)(C)OC(=O)N(CCCCNC(=O)c1cccc(C(O)(C(=O)OC2CN3CCC2CC3)c2ccccc2)c1)CC(O[Si](C)(C)C(C)(C)C)c1ccc(O)c2[nH]c(=O)ccc12. The molecular weight excluding hydrogens is 805 g/mol. The van der Waals surface area contributed by atoms with Crippen molar-refractivity contribution < 1.29 is 38.5 Å². The Labute approximate surface area is 365 Å². The number of piperidine rings is 3. The Morgan fingerprint density at radius 2 is 1.61 bits per heavy atom. The predicted molar refractivity (Wildman–Crippen MR) is 242 cm³/mol. The summed E-state index contributed by atoms with van der Waals surface area (Å²) >= 11 is 0. The summed E-state index contributed by atoms with van der Waals surface area (Å²) in [4.78, 5) is 60.4. The van der Waals surface area contributed by atoms with E-state index in [0.29, 0.717) is 35.9 Å². The first-order valence-corrected chi connectivity index (χ1v) is 24.7. The molecular formula is C48H64N4O9Si. The number of carbonyl (C=O) groups is 3. The summed E-state index contributed by atoms with van der Waals surface area (Å²) < 4.78 is 19.0. The number of aromatic nitrogens is 1. The first kappa shape index (κ1) is 46.5. The number of amides is 2.